The number of nitrogen functional groups attached to an aromatic ring is 1. The van der Waals surface area contributed by atoms with Gasteiger partial charge in [-0.2, -0.15) is 0 Å². The third-order valence-corrected chi connectivity index (χ3v) is 5.22. The molecule has 7 nitrogen and oxygen atoms in total. The third-order valence-electron chi connectivity index (χ3n) is 3.75. The average Bonchev–Trinajstić information content (AvgIpc) is 3.02. The van der Waals surface area contributed by atoms with E-state index in [1.807, 2.05) is 67.5 Å². The van der Waals surface area contributed by atoms with Crippen LogP contribution in [0.1, 0.15) is 0 Å². The maximum Gasteiger partial charge on any atom is 0.234 e. The van der Waals surface area contributed by atoms with E-state index in [-0.39, 0.29) is 11.7 Å². The van der Waals surface area contributed by atoms with Gasteiger partial charge in [0.1, 0.15) is 0 Å². The van der Waals surface area contributed by atoms with Crippen molar-refractivity contribution in [3.05, 3.63) is 53.0 Å². The third kappa shape index (κ3) is 4.81. The van der Waals surface area contributed by atoms with E-state index in [0.717, 1.165) is 21.4 Å². The minimum absolute atomic E-state index is 0.138. The Balaban J connectivity index is 1.66. The fraction of sp³-hybridized carbons (Fsp3) is 0.167. The summed E-state index contributed by atoms with van der Waals surface area (Å²) in [5.74, 6) is 6.73. The summed E-state index contributed by atoms with van der Waals surface area (Å²) in [6.45, 7) is 0. The van der Waals surface area contributed by atoms with Crippen molar-refractivity contribution in [1.82, 2.24) is 14.9 Å². The van der Waals surface area contributed by atoms with Crippen LogP contribution in [0.5, 0.6) is 0 Å². The van der Waals surface area contributed by atoms with Crippen molar-refractivity contribution in [1.29, 1.82) is 0 Å². The SMILES string of the molecule is CN(C)c1cccc(-c2nnc(SCC(=O)Nc3ccc(Br)cc3)n2N)c1. The Morgan fingerprint density at radius 2 is 1.96 bits per heavy atom. The van der Waals surface area contributed by atoms with Crippen molar-refractivity contribution in [2.24, 2.45) is 0 Å². The molecule has 0 bridgehead atoms. The Hall–Kier alpha value is -2.52. The van der Waals surface area contributed by atoms with Crippen molar-refractivity contribution < 1.29 is 4.79 Å². The van der Waals surface area contributed by atoms with E-state index in [9.17, 15) is 4.79 Å². The molecule has 0 spiro atoms. The highest BCUT2D eigenvalue weighted by Gasteiger charge is 2.14. The molecule has 0 atom stereocenters. The quantitative estimate of drug-likeness (QED) is 0.446. The first-order valence-corrected chi connectivity index (χ1v) is 9.88. The van der Waals surface area contributed by atoms with Gasteiger partial charge in [-0.1, -0.05) is 39.8 Å². The molecule has 1 aromatic heterocycles. The number of anilines is 2. The largest absolute Gasteiger partial charge is 0.378 e. The molecule has 2 aromatic carbocycles. The predicted molar refractivity (Wildman–Crippen MR) is 113 cm³/mol. The van der Waals surface area contributed by atoms with Gasteiger partial charge < -0.3 is 16.1 Å². The number of amides is 1. The van der Waals surface area contributed by atoms with Crippen LogP contribution in [0.25, 0.3) is 11.4 Å². The number of benzene rings is 2. The first kappa shape index (κ1) is 19.2. The lowest BCUT2D eigenvalue weighted by Gasteiger charge is -2.13. The molecular formula is C18H19BrN6OS. The number of carbonyl (C=O) groups excluding carboxylic acids is 1. The van der Waals surface area contributed by atoms with Crippen molar-refractivity contribution >= 4 is 45.0 Å². The lowest BCUT2D eigenvalue weighted by atomic mass is 10.2. The fourth-order valence-electron chi connectivity index (χ4n) is 2.36. The maximum atomic E-state index is 12.1. The molecular weight excluding hydrogens is 428 g/mol. The molecule has 0 aliphatic rings. The van der Waals surface area contributed by atoms with Crippen LogP contribution in [-0.2, 0) is 4.79 Å². The molecule has 3 N–H and O–H groups in total. The molecule has 0 aliphatic heterocycles. The fourth-order valence-corrected chi connectivity index (χ4v) is 3.28. The van der Waals surface area contributed by atoms with E-state index in [1.165, 1.54) is 16.4 Å². The summed E-state index contributed by atoms with van der Waals surface area (Å²) in [5, 5.41) is 11.6. The summed E-state index contributed by atoms with van der Waals surface area (Å²) in [5.41, 5.74) is 2.64. The van der Waals surface area contributed by atoms with E-state index >= 15 is 0 Å². The molecule has 0 aliphatic carbocycles. The highest BCUT2D eigenvalue weighted by molar-refractivity contribution is 9.10. The molecule has 0 fully saturated rings. The second-order valence-electron chi connectivity index (χ2n) is 5.96. The number of carbonyl (C=O) groups is 1. The van der Waals surface area contributed by atoms with Crippen molar-refractivity contribution in [3.8, 4) is 11.4 Å². The van der Waals surface area contributed by atoms with Gasteiger partial charge in [0.15, 0.2) is 5.82 Å². The number of halogens is 1. The maximum absolute atomic E-state index is 12.1. The Morgan fingerprint density at radius 3 is 2.67 bits per heavy atom. The summed E-state index contributed by atoms with van der Waals surface area (Å²) < 4.78 is 2.36. The highest BCUT2D eigenvalue weighted by atomic mass is 79.9. The minimum atomic E-state index is -0.138. The summed E-state index contributed by atoms with van der Waals surface area (Å²) in [6, 6.07) is 15.3. The van der Waals surface area contributed by atoms with E-state index in [1.54, 1.807) is 0 Å². The zero-order valence-corrected chi connectivity index (χ0v) is 17.3. The zero-order chi connectivity index (χ0) is 19.4. The first-order chi connectivity index (χ1) is 12.9. The number of nitrogens with one attached hydrogen (secondary N) is 1. The predicted octanol–water partition coefficient (Wildman–Crippen LogP) is 3.22. The van der Waals surface area contributed by atoms with Crippen LogP contribution in [0.4, 0.5) is 11.4 Å². The molecule has 0 saturated heterocycles. The molecule has 1 heterocycles. The molecule has 27 heavy (non-hydrogen) atoms. The van der Waals surface area contributed by atoms with Gasteiger partial charge in [0.05, 0.1) is 5.75 Å². The van der Waals surface area contributed by atoms with Crippen molar-refractivity contribution in [3.63, 3.8) is 0 Å². The number of nitrogens with two attached hydrogens (primary N) is 1. The lowest BCUT2D eigenvalue weighted by molar-refractivity contribution is -0.113. The minimum Gasteiger partial charge on any atom is -0.378 e. The Labute approximate surface area is 170 Å². The van der Waals surface area contributed by atoms with Crippen LogP contribution in [-0.4, -0.2) is 40.6 Å². The Kier molecular flexibility index (Phi) is 6.02. The number of nitrogens with zero attached hydrogens (tertiary/aromatic N) is 4. The van der Waals surface area contributed by atoms with Crippen molar-refractivity contribution in [2.75, 3.05) is 35.9 Å². The van der Waals surface area contributed by atoms with E-state index in [0.29, 0.717) is 11.0 Å². The van der Waals surface area contributed by atoms with Gasteiger partial charge in [-0.3, -0.25) is 4.79 Å². The number of rotatable bonds is 6. The normalized spacial score (nSPS) is 10.6. The van der Waals surface area contributed by atoms with Gasteiger partial charge in [-0.15, -0.1) is 10.2 Å². The topological polar surface area (TPSA) is 89.1 Å². The van der Waals surface area contributed by atoms with Gasteiger partial charge in [-0.25, -0.2) is 4.68 Å². The molecule has 0 radical (unpaired) electrons. The number of hydrogen-bond acceptors (Lipinski definition) is 6. The second-order valence-corrected chi connectivity index (χ2v) is 7.82. The summed E-state index contributed by atoms with van der Waals surface area (Å²) in [6.07, 6.45) is 0. The monoisotopic (exact) mass is 446 g/mol. The molecule has 140 valence electrons. The van der Waals surface area contributed by atoms with Crippen LogP contribution in [0, 0.1) is 0 Å². The summed E-state index contributed by atoms with van der Waals surface area (Å²) in [4.78, 5) is 14.1. The average molecular weight is 447 g/mol. The Morgan fingerprint density at radius 1 is 1.22 bits per heavy atom. The van der Waals surface area contributed by atoms with Crippen LogP contribution < -0.4 is 16.1 Å². The van der Waals surface area contributed by atoms with E-state index < -0.39 is 0 Å². The molecule has 3 aromatic rings. The van der Waals surface area contributed by atoms with Gasteiger partial charge in [0.2, 0.25) is 11.1 Å². The van der Waals surface area contributed by atoms with Crippen LogP contribution in [0.3, 0.4) is 0 Å². The van der Waals surface area contributed by atoms with Crippen LogP contribution in [0.2, 0.25) is 0 Å². The molecule has 9 heteroatoms. The number of aromatic nitrogens is 3. The number of thioether (sulfide) groups is 1. The van der Waals surface area contributed by atoms with Gasteiger partial charge in [0.25, 0.3) is 0 Å². The summed E-state index contributed by atoms with van der Waals surface area (Å²) >= 11 is 4.60. The van der Waals surface area contributed by atoms with E-state index in [2.05, 4.69) is 31.4 Å². The second kappa shape index (κ2) is 8.45. The molecule has 0 unspecified atom stereocenters. The Bertz CT molecular complexity index is 941. The van der Waals surface area contributed by atoms with Crippen LogP contribution >= 0.6 is 27.7 Å². The highest BCUT2D eigenvalue weighted by Crippen LogP contribution is 2.25. The standard InChI is InChI=1S/C18H19BrN6OS/c1-24(2)15-5-3-4-12(10-15)17-22-23-18(25(17)20)27-11-16(26)21-14-8-6-13(19)7-9-14/h3-10H,11,20H2,1-2H3,(H,21,26). The van der Waals surface area contributed by atoms with Gasteiger partial charge >= 0.3 is 0 Å². The molecule has 1 amide bonds. The van der Waals surface area contributed by atoms with Gasteiger partial charge in [0, 0.05) is 35.5 Å². The van der Waals surface area contributed by atoms with Crippen molar-refractivity contribution in [2.45, 2.75) is 5.16 Å². The molecule has 0 saturated carbocycles. The zero-order valence-electron chi connectivity index (χ0n) is 14.9. The smallest absolute Gasteiger partial charge is 0.234 e. The van der Waals surface area contributed by atoms with Gasteiger partial charge in [-0.05, 0) is 36.4 Å². The summed E-state index contributed by atoms with van der Waals surface area (Å²) in [7, 11) is 3.94. The lowest BCUT2D eigenvalue weighted by Crippen LogP contribution is -2.16. The molecule has 3 rings (SSSR count). The van der Waals surface area contributed by atoms with Crippen LogP contribution in [0.15, 0.2) is 58.2 Å². The first-order valence-electron chi connectivity index (χ1n) is 8.10. The number of hydrogen-bond donors (Lipinski definition) is 2. The van der Waals surface area contributed by atoms with E-state index in [4.69, 9.17) is 5.84 Å².